The van der Waals surface area contributed by atoms with Crippen LogP contribution in [0, 0.1) is 0 Å². The van der Waals surface area contributed by atoms with E-state index in [1.54, 1.807) is 37.6 Å². The predicted molar refractivity (Wildman–Crippen MR) is 142 cm³/mol. The van der Waals surface area contributed by atoms with E-state index in [1.165, 1.54) is 6.92 Å². The van der Waals surface area contributed by atoms with Gasteiger partial charge in [-0.2, -0.15) is 0 Å². The van der Waals surface area contributed by atoms with Gasteiger partial charge in [0, 0.05) is 60.6 Å². The van der Waals surface area contributed by atoms with Gasteiger partial charge in [-0.05, 0) is 60.5 Å². The molecule has 1 aliphatic heterocycles. The lowest BCUT2D eigenvalue weighted by atomic mass is 9.88. The van der Waals surface area contributed by atoms with Gasteiger partial charge in [-0.15, -0.1) is 0 Å². The van der Waals surface area contributed by atoms with Gasteiger partial charge in [0.15, 0.2) is 0 Å². The fourth-order valence-electron chi connectivity index (χ4n) is 4.31. The Morgan fingerprint density at radius 3 is 2.47 bits per heavy atom. The van der Waals surface area contributed by atoms with E-state index in [0.717, 1.165) is 29.9 Å². The third kappa shape index (κ3) is 6.66. The Bertz CT molecular complexity index is 1170. The van der Waals surface area contributed by atoms with Crippen LogP contribution in [-0.4, -0.2) is 43.2 Å². The zero-order chi connectivity index (χ0) is 25.5. The molecule has 3 aromatic rings. The lowest BCUT2D eigenvalue weighted by Crippen LogP contribution is -2.51. The molecule has 4 rings (SSSR count). The summed E-state index contributed by atoms with van der Waals surface area (Å²) in [5.41, 5.74) is 3.69. The van der Waals surface area contributed by atoms with Gasteiger partial charge < -0.3 is 25.6 Å². The van der Waals surface area contributed by atoms with Crippen molar-refractivity contribution in [3.05, 3.63) is 83.1 Å². The number of amides is 3. The number of nitrogens with one attached hydrogen (secondary N) is 3. The maximum Gasteiger partial charge on any atom is 0.319 e. The molecule has 1 fully saturated rings. The second-order valence-electron chi connectivity index (χ2n) is 8.75. The normalized spacial score (nSPS) is 17.2. The van der Waals surface area contributed by atoms with E-state index in [9.17, 15) is 9.59 Å². The van der Waals surface area contributed by atoms with Gasteiger partial charge in [0.05, 0.1) is 13.3 Å². The first-order chi connectivity index (χ1) is 17.4. The molecular formula is C27H30ClN5O3. The van der Waals surface area contributed by atoms with Crippen LogP contribution in [0.15, 0.2) is 66.9 Å². The Morgan fingerprint density at radius 2 is 1.83 bits per heavy atom. The van der Waals surface area contributed by atoms with E-state index < -0.39 is 0 Å². The van der Waals surface area contributed by atoms with Gasteiger partial charge >= 0.3 is 6.03 Å². The molecule has 1 saturated heterocycles. The van der Waals surface area contributed by atoms with Gasteiger partial charge in [0.2, 0.25) is 5.91 Å². The highest BCUT2D eigenvalue weighted by molar-refractivity contribution is 6.30. The molecular weight excluding hydrogens is 478 g/mol. The highest BCUT2D eigenvalue weighted by Gasteiger charge is 2.32. The number of halogens is 1. The fourth-order valence-corrected chi connectivity index (χ4v) is 4.44. The zero-order valence-electron chi connectivity index (χ0n) is 20.3. The number of nitrogens with zero attached hydrogens (tertiary/aromatic N) is 2. The molecule has 2 aromatic carbocycles. The minimum absolute atomic E-state index is 0.0281. The fraction of sp³-hybridized carbons (Fsp3) is 0.296. The van der Waals surface area contributed by atoms with Gasteiger partial charge in [-0.1, -0.05) is 23.7 Å². The molecule has 9 heteroatoms. The first-order valence-corrected chi connectivity index (χ1v) is 12.2. The van der Waals surface area contributed by atoms with Crippen LogP contribution in [-0.2, 0) is 11.3 Å². The van der Waals surface area contributed by atoms with E-state index in [1.807, 2.05) is 24.3 Å². The van der Waals surface area contributed by atoms with Crippen molar-refractivity contribution in [2.75, 3.05) is 30.4 Å². The first-order valence-electron chi connectivity index (χ1n) is 11.8. The second kappa shape index (κ2) is 11.8. The highest BCUT2D eigenvalue weighted by atomic mass is 35.5. The molecule has 1 aromatic heterocycles. The molecule has 0 radical (unpaired) electrons. The van der Waals surface area contributed by atoms with Crippen LogP contribution in [0.25, 0.3) is 0 Å². The molecule has 1 aliphatic rings. The van der Waals surface area contributed by atoms with Gasteiger partial charge in [-0.25, -0.2) is 4.79 Å². The van der Waals surface area contributed by atoms with Crippen LogP contribution in [0.1, 0.15) is 30.5 Å². The van der Waals surface area contributed by atoms with E-state index >= 15 is 0 Å². The smallest absolute Gasteiger partial charge is 0.319 e. The molecule has 0 aliphatic carbocycles. The van der Waals surface area contributed by atoms with Crippen LogP contribution >= 0.6 is 11.6 Å². The third-order valence-electron chi connectivity index (χ3n) is 6.25. The quantitative estimate of drug-likeness (QED) is 0.435. The van der Waals surface area contributed by atoms with Crippen LogP contribution in [0.4, 0.5) is 16.2 Å². The van der Waals surface area contributed by atoms with Crippen LogP contribution in [0.5, 0.6) is 5.75 Å². The lowest BCUT2D eigenvalue weighted by molar-refractivity contribution is -0.119. The molecule has 188 valence electrons. The summed E-state index contributed by atoms with van der Waals surface area (Å²) in [5, 5.41) is 9.46. The van der Waals surface area contributed by atoms with Crippen molar-refractivity contribution in [1.82, 2.24) is 15.6 Å². The summed E-state index contributed by atoms with van der Waals surface area (Å²) in [6, 6.07) is 18.7. The molecule has 36 heavy (non-hydrogen) atoms. The third-order valence-corrected chi connectivity index (χ3v) is 6.50. The van der Waals surface area contributed by atoms with Crippen molar-refractivity contribution in [1.29, 1.82) is 0 Å². The number of pyridine rings is 1. The average molecular weight is 508 g/mol. The largest absolute Gasteiger partial charge is 0.495 e. The van der Waals surface area contributed by atoms with Crippen molar-refractivity contribution in [2.24, 2.45) is 0 Å². The van der Waals surface area contributed by atoms with Crippen LogP contribution < -0.4 is 25.6 Å². The summed E-state index contributed by atoms with van der Waals surface area (Å²) < 4.78 is 5.27. The molecule has 2 unspecified atom stereocenters. The monoisotopic (exact) mass is 507 g/mol. The van der Waals surface area contributed by atoms with Crippen molar-refractivity contribution >= 4 is 34.9 Å². The number of hydrogen-bond donors (Lipinski definition) is 3. The molecule has 0 saturated carbocycles. The maximum atomic E-state index is 12.8. The maximum absolute atomic E-state index is 12.8. The number of urea groups is 1. The number of piperidine rings is 1. The van der Waals surface area contributed by atoms with E-state index in [0.29, 0.717) is 29.5 Å². The topological polar surface area (TPSA) is 95.6 Å². The summed E-state index contributed by atoms with van der Waals surface area (Å²) in [5.74, 6) is 0.606. The van der Waals surface area contributed by atoms with Gasteiger partial charge in [-0.3, -0.25) is 9.78 Å². The number of aromatic nitrogens is 1. The molecule has 3 amide bonds. The minimum Gasteiger partial charge on any atom is -0.495 e. The number of anilines is 2. The van der Waals surface area contributed by atoms with Crippen molar-refractivity contribution in [2.45, 2.75) is 31.8 Å². The minimum atomic E-state index is -0.267. The number of methoxy groups -OCH3 is 1. The van der Waals surface area contributed by atoms with Crippen molar-refractivity contribution in [3.8, 4) is 5.75 Å². The summed E-state index contributed by atoms with van der Waals surface area (Å²) >= 11 is 5.95. The standard InChI is InChI=1S/C27H30ClN5O3/c1-18(34)29-15-19-3-9-22(10-4-19)33-14-13-26(24(17-33)25-12-11-23(36-2)16-30-25)32-27(35)31-21-7-5-20(28)6-8-21/h3-12,16,24,26H,13-15,17H2,1-2H3,(H,29,34)(H2,31,32,35). The van der Waals surface area contributed by atoms with E-state index in [-0.39, 0.29) is 23.9 Å². The van der Waals surface area contributed by atoms with E-state index in [2.05, 4.69) is 38.0 Å². The number of carbonyl (C=O) groups excluding carboxylic acids is 2. The summed E-state index contributed by atoms with van der Waals surface area (Å²) in [6.45, 7) is 3.48. The zero-order valence-corrected chi connectivity index (χ0v) is 21.1. The van der Waals surface area contributed by atoms with Crippen LogP contribution in [0.2, 0.25) is 5.02 Å². The SMILES string of the molecule is COc1ccc(C2CN(c3ccc(CNC(C)=O)cc3)CCC2NC(=O)Nc2ccc(Cl)cc2)nc1. The predicted octanol–water partition coefficient (Wildman–Crippen LogP) is 4.56. The molecule has 8 nitrogen and oxygen atoms in total. The lowest BCUT2D eigenvalue weighted by Gasteiger charge is -2.40. The summed E-state index contributed by atoms with van der Waals surface area (Å²) in [6.07, 6.45) is 2.45. The Morgan fingerprint density at radius 1 is 1.08 bits per heavy atom. The first kappa shape index (κ1) is 25.3. The Labute approximate surface area is 216 Å². The summed E-state index contributed by atoms with van der Waals surface area (Å²) in [7, 11) is 1.61. The Balaban J connectivity index is 1.48. The van der Waals surface area contributed by atoms with Crippen molar-refractivity contribution in [3.63, 3.8) is 0 Å². The number of benzene rings is 2. The number of carbonyl (C=O) groups is 2. The average Bonchev–Trinajstić information content (AvgIpc) is 2.89. The molecule has 2 atom stereocenters. The van der Waals surface area contributed by atoms with Gasteiger partial charge in [0.25, 0.3) is 0 Å². The molecule has 0 spiro atoms. The molecule has 0 bridgehead atoms. The molecule has 2 heterocycles. The van der Waals surface area contributed by atoms with Gasteiger partial charge in [0.1, 0.15) is 5.75 Å². The van der Waals surface area contributed by atoms with Crippen LogP contribution in [0.3, 0.4) is 0 Å². The second-order valence-corrected chi connectivity index (χ2v) is 9.19. The van der Waals surface area contributed by atoms with E-state index in [4.69, 9.17) is 16.3 Å². The highest BCUT2D eigenvalue weighted by Crippen LogP contribution is 2.30. The number of rotatable bonds is 7. The number of hydrogen-bond acceptors (Lipinski definition) is 5. The Kier molecular flexibility index (Phi) is 8.28. The van der Waals surface area contributed by atoms with Crippen molar-refractivity contribution < 1.29 is 14.3 Å². The molecule has 3 N–H and O–H groups in total. The summed E-state index contributed by atoms with van der Waals surface area (Å²) in [4.78, 5) is 30.9. The number of ether oxygens (including phenoxy) is 1. The Hall–Kier alpha value is -3.78.